The van der Waals surface area contributed by atoms with Crippen molar-refractivity contribution < 1.29 is 4.74 Å². The van der Waals surface area contributed by atoms with Gasteiger partial charge in [0.05, 0.1) is 6.61 Å². The van der Waals surface area contributed by atoms with Crippen LogP contribution in [0.4, 0.5) is 0 Å². The highest BCUT2D eigenvalue weighted by atomic mass is 16.5. The molecule has 2 aliphatic heterocycles. The molecule has 0 radical (unpaired) electrons. The van der Waals surface area contributed by atoms with Gasteiger partial charge in [-0.3, -0.25) is 4.57 Å². The largest absolute Gasteiger partial charge is 0.477 e. The second-order valence-electron chi connectivity index (χ2n) is 3.79. The van der Waals surface area contributed by atoms with Gasteiger partial charge in [-0.2, -0.15) is 0 Å². The van der Waals surface area contributed by atoms with Crippen molar-refractivity contribution in [2.45, 2.75) is 31.8 Å². The first-order valence-corrected chi connectivity index (χ1v) is 4.81. The number of hydrogen-bond acceptors (Lipinski definition) is 3. The molecule has 2 aliphatic rings. The normalized spacial score (nSPS) is 25.2. The molecule has 2 N–H and O–H groups in total. The number of nitrogens with two attached hydrogens (primary N) is 1. The number of ether oxygens (including phenoxy) is 1. The molecule has 0 saturated heterocycles. The third-order valence-electron chi connectivity index (χ3n) is 2.80. The van der Waals surface area contributed by atoms with Gasteiger partial charge in [0.25, 0.3) is 0 Å². The molecule has 0 fully saturated rings. The van der Waals surface area contributed by atoms with E-state index in [0.29, 0.717) is 0 Å². The van der Waals surface area contributed by atoms with E-state index < -0.39 is 0 Å². The Morgan fingerprint density at radius 2 is 2.38 bits per heavy atom. The Kier molecular flexibility index (Phi) is 1.41. The zero-order valence-corrected chi connectivity index (χ0v) is 7.49. The second-order valence-corrected chi connectivity index (χ2v) is 3.79. The number of nitrogens with zero attached hydrogens (tertiary/aromatic N) is 2. The highest BCUT2D eigenvalue weighted by Gasteiger charge is 2.26. The number of aryl methyl sites for hydroxylation is 1. The van der Waals surface area contributed by atoms with Crippen LogP contribution in [0.15, 0.2) is 0 Å². The summed E-state index contributed by atoms with van der Waals surface area (Å²) in [5.41, 5.74) is 7.03. The van der Waals surface area contributed by atoms with E-state index in [0.717, 1.165) is 49.8 Å². The van der Waals surface area contributed by atoms with Crippen LogP contribution in [0.2, 0.25) is 0 Å². The summed E-state index contributed by atoms with van der Waals surface area (Å²) in [5.74, 6) is 2.14. The van der Waals surface area contributed by atoms with E-state index in [1.807, 2.05) is 0 Å². The molecule has 0 spiro atoms. The summed E-state index contributed by atoms with van der Waals surface area (Å²) in [6, 6.07) is 0.273. The summed E-state index contributed by atoms with van der Waals surface area (Å²) in [7, 11) is 0. The monoisotopic (exact) mass is 179 g/mol. The first kappa shape index (κ1) is 7.38. The molecule has 0 aliphatic carbocycles. The summed E-state index contributed by atoms with van der Waals surface area (Å²) in [6.45, 7) is 1.66. The van der Waals surface area contributed by atoms with Crippen molar-refractivity contribution in [3.05, 3.63) is 11.5 Å². The van der Waals surface area contributed by atoms with Gasteiger partial charge in [-0.1, -0.05) is 0 Å². The zero-order chi connectivity index (χ0) is 8.84. The van der Waals surface area contributed by atoms with Crippen LogP contribution in [-0.2, 0) is 19.4 Å². The van der Waals surface area contributed by atoms with E-state index >= 15 is 0 Å². The molecule has 1 aromatic heterocycles. The number of hydrogen-bond donors (Lipinski definition) is 1. The molecule has 1 unspecified atom stereocenters. The van der Waals surface area contributed by atoms with Crippen molar-refractivity contribution in [2.24, 2.45) is 5.73 Å². The Morgan fingerprint density at radius 3 is 3.31 bits per heavy atom. The maximum atomic E-state index is 5.90. The molecule has 4 heteroatoms. The van der Waals surface area contributed by atoms with Crippen LogP contribution < -0.4 is 10.5 Å². The van der Waals surface area contributed by atoms with Crippen molar-refractivity contribution in [1.82, 2.24) is 9.55 Å². The van der Waals surface area contributed by atoms with E-state index in [2.05, 4.69) is 9.55 Å². The third-order valence-corrected chi connectivity index (χ3v) is 2.80. The van der Waals surface area contributed by atoms with Crippen molar-refractivity contribution in [3.8, 4) is 5.88 Å². The van der Waals surface area contributed by atoms with Gasteiger partial charge in [0, 0.05) is 25.4 Å². The lowest BCUT2D eigenvalue weighted by molar-refractivity contribution is 0.308. The number of aromatic nitrogens is 2. The van der Waals surface area contributed by atoms with Gasteiger partial charge in [-0.15, -0.1) is 0 Å². The lowest BCUT2D eigenvalue weighted by atomic mass is 10.1. The molecular formula is C9H13N3O. The Bertz CT molecular complexity index is 345. The number of rotatable bonds is 0. The molecule has 0 saturated carbocycles. The van der Waals surface area contributed by atoms with Crippen molar-refractivity contribution in [2.75, 3.05) is 6.61 Å². The predicted molar refractivity (Wildman–Crippen MR) is 47.7 cm³/mol. The maximum Gasteiger partial charge on any atom is 0.217 e. The average molecular weight is 179 g/mol. The van der Waals surface area contributed by atoms with Gasteiger partial charge in [0.1, 0.15) is 11.5 Å². The van der Waals surface area contributed by atoms with Gasteiger partial charge in [-0.05, 0) is 6.42 Å². The Hall–Kier alpha value is -1.03. The van der Waals surface area contributed by atoms with Gasteiger partial charge >= 0.3 is 0 Å². The lowest BCUT2D eigenvalue weighted by Crippen LogP contribution is -2.32. The van der Waals surface area contributed by atoms with Crippen LogP contribution in [-0.4, -0.2) is 22.2 Å². The molecule has 0 amide bonds. The highest BCUT2D eigenvalue weighted by Crippen LogP contribution is 2.29. The van der Waals surface area contributed by atoms with Crippen LogP contribution in [0.3, 0.4) is 0 Å². The minimum Gasteiger partial charge on any atom is -0.477 e. The fourth-order valence-corrected chi connectivity index (χ4v) is 2.12. The summed E-state index contributed by atoms with van der Waals surface area (Å²) in [5, 5.41) is 0. The van der Waals surface area contributed by atoms with Crippen LogP contribution in [0, 0.1) is 0 Å². The maximum absolute atomic E-state index is 5.90. The molecule has 0 aromatic carbocycles. The Labute approximate surface area is 76.7 Å². The highest BCUT2D eigenvalue weighted by molar-refractivity contribution is 5.28. The standard InChI is InChI=1S/C9H13N3O/c10-6-1-2-8-11-7-3-4-13-9(7)12(8)5-6/h6H,1-5,10H2. The second kappa shape index (κ2) is 2.48. The summed E-state index contributed by atoms with van der Waals surface area (Å²) < 4.78 is 7.68. The molecule has 1 atom stereocenters. The molecular weight excluding hydrogens is 166 g/mol. The van der Waals surface area contributed by atoms with Gasteiger partial charge in [0.2, 0.25) is 5.88 Å². The summed E-state index contributed by atoms with van der Waals surface area (Å²) in [6.07, 6.45) is 3.01. The first-order chi connectivity index (χ1) is 6.34. The average Bonchev–Trinajstić information content (AvgIpc) is 2.64. The van der Waals surface area contributed by atoms with Crippen LogP contribution in [0.25, 0.3) is 0 Å². The molecule has 4 nitrogen and oxygen atoms in total. The minimum atomic E-state index is 0.273. The smallest absolute Gasteiger partial charge is 0.217 e. The van der Waals surface area contributed by atoms with Crippen LogP contribution in [0.5, 0.6) is 5.88 Å². The third kappa shape index (κ3) is 0.983. The fourth-order valence-electron chi connectivity index (χ4n) is 2.12. The summed E-state index contributed by atoms with van der Waals surface area (Å²) in [4.78, 5) is 4.55. The van der Waals surface area contributed by atoms with Crippen LogP contribution in [0.1, 0.15) is 17.9 Å². The summed E-state index contributed by atoms with van der Waals surface area (Å²) >= 11 is 0. The van der Waals surface area contributed by atoms with E-state index in [1.54, 1.807) is 0 Å². The van der Waals surface area contributed by atoms with Crippen molar-refractivity contribution in [1.29, 1.82) is 0 Å². The molecule has 3 rings (SSSR count). The quantitative estimate of drug-likeness (QED) is 0.614. The number of fused-ring (bicyclic) bond motifs is 3. The van der Waals surface area contributed by atoms with Gasteiger partial charge in [0.15, 0.2) is 0 Å². The van der Waals surface area contributed by atoms with Gasteiger partial charge in [-0.25, -0.2) is 4.98 Å². The predicted octanol–water partition coefficient (Wildman–Crippen LogP) is 0.0915. The molecule has 70 valence electrons. The SMILES string of the molecule is NC1CCc2nc3c(n2C1)OCC3. The molecule has 1 aromatic rings. The topological polar surface area (TPSA) is 53.1 Å². The van der Waals surface area contributed by atoms with Crippen molar-refractivity contribution >= 4 is 0 Å². The zero-order valence-electron chi connectivity index (χ0n) is 7.49. The molecule has 0 bridgehead atoms. The van der Waals surface area contributed by atoms with Gasteiger partial charge < -0.3 is 10.5 Å². The van der Waals surface area contributed by atoms with E-state index in [-0.39, 0.29) is 6.04 Å². The Balaban J connectivity index is 2.08. The first-order valence-electron chi connectivity index (χ1n) is 4.81. The minimum absolute atomic E-state index is 0.273. The Morgan fingerprint density at radius 1 is 1.46 bits per heavy atom. The van der Waals surface area contributed by atoms with E-state index in [9.17, 15) is 0 Å². The van der Waals surface area contributed by atoms with E-state index in [4.69, 9.17) is 10.5 Å². The molecule has 3 heterocycles. The lowest BCUT2D eigenvalue weighted by Gasteiger charge is -2.21. The van der Waals surface area contributed by atoms with Crippen molar-refractivity contribution in [3.63, 3.8) is 0 Å². The molecule has 13 heavy (non-hydrogen) atoms. The fraction of sp³-hybridized carbons (Fsp3) is 0.667. The van der Waals surface area contributed by atoms with E-state index in [1.165, 1.54) is 0 Å². The van der Waals surface area contributed by atoms with Crippen LogP contribution >= 0.6 is 0 Å². The number of imidazole rings is 1.